The highest BCUT2D eigenvalue weighted by atomic mass is 19.4. The Balaban J connectivity index is 1.44. The van der Waals surface area contributed by atoms with E-state index in [1.165, 1.54) is 23.0 Å². The van der Waals surface area contributed by atoms with Crippen LogP contribution in [0.25, 0.3) is 5.82 Å². The van der Waals surface area contributed by atoms with Gasteiger partial charge in [0, 0.05) is 32.4 Å². The lowest BCUT2D eigenvalue weighted by Crippen LogP contribution is -2.50. The number of rotatable bonds is 3. The maximum absolute atomic E-state index is 13.0. The second kappa shape index (κ2) is 8.57. The molecule has 0 spiro atoms. The van der Waals surface area contributed by atoms with Crippen molar-refractivity contribution < 1.29 is 27.9 Å². The summed E-state index contributed by atoms with van der Waals surface area (Å²) in [5.74, 6) is -0.531. The molecule has 1 aliphatic heterocycles. The van der Waals surface area contributed by atoms with Gasteiger partial charge in [0.2, 0.25) is 0 Å². The summed E-state index contributed by atoms with van der Waals surface area (Å²) in [5.41, 5.74) is 0.0826. The number of pyridine rings is 1. The number of benzene rings is 1. The van der Waals surface area contributed by atoms with Crippen LogP contribution in [-0.2, 0) is 6.18 Å². The Morgan fingerprint density at radius 1 is 0.909 bits per heavy atom. The van der Waals surface area contributed by atoms with Crippen molar-refractivity contribution in [3.05, 3.63) is 71.2 Å². The number of carbonyl (C=O) groups excluding carboxylic acids is 2. The number of amides is 2. The molecule has 0 bridgehead atoms. The Morgan fingerprint density at radius 2 is 1.52 bits per heavy atom. The number of hydrogen-bond donors (Lipinski definition) is 1. The fraction of sp³-hybridized carbons (Fsp3) is 0.273. The van der Waals surface area contributed by atoms with Gasteiger partial charge < -0.3 is 14.9 Å². The van der Waals surface area contributed by atoms with Crippen LogP contribution in [0.4, 0.5) is 13.2 Å². The minimum atomic E-state index is -4.49. The number of aromatic nitrogens is 3. The topological polar surface area (TPSA) is 91.6 Å². The maximum atomic E-state index is 13.0. The lowest BCUT2D eigenvalue weighted by molar-refractivity contribution is -0.137. The first kappa shape index (κ1) is 22.3. The van der Waals surface area contributed by atoms with E-state index < -0.39 is 11.7 Å². The second-order valence-electron chi connectivity index (χ2n) is 7.56. The van der Waals surface area contributed by atoms with Gasteiger partial charge in [-0.3, -0.25) is 9.59 Å². The summed E-state index contributed by atoms with van der Waals surface area (Å²) in [6.45, 7) is 2.82. The van der Waals surface area contributed by atoms with Crippen molar-refractivity contribution in [1.29, 1.82) is 0 Å². The Hall–Kier alpha value is -3.89. The van der Waals surface area contributed by atoms with Crippen LogP contribution in [0.5, 0.6) is 5.75 Å². The smallest absolute Gasteiger partial charge is 0.417 e. The van der Waals surface area contributed by atoms with Gasteiger partial charge in [0.25, 0.3) is 11.8 Å². The summed E-state index contributed by atoms with van der Waals surface area (Å²) in [7, 11) is 0. The molecule has 1 aromatic carbocycles. The largest absolute Gasteiger partial charge is 0.507 e. The first-order valence-electron chi connectivity index (χ1n) is 10.1. The number of para-hydroxylation sites is 1. The number of halogens is 3. The van der Waals surface area contributed by atoms with Gasteiger partial charge in [-0.15, -0.1) is 0 Å². The molecule has 3 aromatic rings. The summed E-state index contributed by atoms with van der Waals surface area (Å²) >= 11 is 0. The van der Waals surface area contributed by atoms with Crippen LogP contribution in [0.3, 0.4) is 0 Å². The van der Waals surface area contributed by atoms with E-state index in [1.807, 2.05) is 0 Å². The molecule has 0 atom stereocenters. The molecular formula is C22H20F3N5O3. The number of nitrogens with zero attached hydrogens (tertiary/aromatic N) is 5. The van der Waals surface area contributed by atoms with Gasteiger partial charge in [-0.25, -0.2) is 9.67 Å². The number of piperazine rings is 1. The summed E-state index contributed by atoms with van der Waals surface area (Å²) in [4.78, 5) is 32.6. The Kier molecular flexibility index (Phi) is 5.79. The van der Waals surface area contributed by atoms with Crippen molar-refractivity contribution in [1.82, 2.24) is 24.6 Å². The molecule has 0 unspecified atom stereocenters. The van der Waals surface area contributed by atoms with Crippen LogP contribution in [0.1, 0.15) is 32.0 Å². The number of phenols is 1. The molecule has 4 rings (SSSR count). The zero-order chi connectivity index (χ0) is 23.8. The first-order valence-corrected chi connectivity index (χ1v) is 10.1. The zero-order valence-corrected chi connectivity index (χ0v) is 17.6. The number of phenolic OH excluding ortho intramolecular Hbond substituents is 1. The van der Waals surface area contributed by atoms with Gasteiger partial charge in [-0.1, -0.05) is 12.1 Å². The highest BCUT2D eigenvalue weighted by molar-refractivity contribution is 5.97. The molecule has 1 aliphatic rings. The zero-order valence-electron chi connectivity index (χ0n) is 17.6. The minimum Gasteiger partial charge on any atom is -0.507 e. The van der Waals surface area contributed by atoms with Crippen molar-refractivity contribution >= 4 is 11.8 Å². The van der Waals surface area contributed by atoms with E-state index in [0.29, 0.717) is 37.4 Å². The van der Waals surface area contributed by atoms with E-state index in [1.54, 1.807) is 34.9 Å². The molecule has 0 radical (unpaired) electrons. The molecule has 11 heteroatoms. The van der Waals surface area contributed by atoms with Crippen molar-refractivity contribution in [2.24, 2.45) is 0 Å². The third-order valence-corrected chi connectivity index (χ3v) is 5.52. The molecule has 1 fully saturated rings. The van der Waals surface area contributed by atoms with E-state index >= 15 is 0 Å². The molecule has 0 saturated carbocycles. The predicted octanol–water partition coefficient (Wildman–Crippen LogP) is 2.90. The molecule has 1 N–H and O–H groups in total. The standard InChI is InChI=1S/C22H20F3N5O3/c1-14-17(13-27-30(14)19-7-6-15(12-26-19)22(23,24)25)21(33)29-10-8-28(9-11-29)20(32)16-4-2-3-5-18(16)31/h2-7,12-13,31H,8-11H2,1H3. The highest BCUT2D eigenvalue weighted by Gasteiger charge is 2.31. The molecule has 3 heterocycles. The Labute approximate surface area is 186 Å². The normalized spacial score (nSPS) is 14.4. The van der Waals surface area contributed by atoms with Crippen LogP contribution < -0.4 is 0 Å². The first-order chi connectivity index (χ1) is 15.7. The van der Waals surface area contributed by atoms with Crippen LogP contribution in [-0.4, -0.2) is 67.7 Å². The van der Waals surface area contributed by atoms with Crippen LogP contribution >= 0.6 is 0 Å². The quantitative estimate of drug-likeness (QED) is 0.651. The maximum Gasteiger partial charge on any atom is 0.417 e. The predicted molar refractivity (Wildman–Crippen MR) is 111 cm³/mol. The van der Waals surface area contributed by atoms with Gasteiger partial charge in [-0.05, 0) is 31.2 Å². The van der Waals surface area contributed by atoms with Crippen molar-refractivity contribution in [2.45, 2.75) is 13.1 Å². The molecule has 1 saturated heterocycles. The van der Waals surface area contributed by atoms with Crippen molar-refractivity contribution in [2.75, 3.05) is 26.2 Å². The van der Waals surface area contributed by atoms with Gasteiger partial charge in [0.15, 0.2) is 5.82 Å². The molecule has 0 aliphatic carbocycles. The Morgan fingerprint density at radius 3 is 2.06 bits per heavy atom. The minimum absolute atomic E-state index is 0.0964. The van der Waals surface area contributed by atoms with Gasteiger partial charge >= 0.3 is 6.18 Å². The average molecular weight is 459 g/mol. The van der Waals surface area contributed by atoms with Crippen LogP contribution in [0, 0.1) is 6.92 Å². The number of alkyl halides is 3. The van der Waals surface area contributed by atoms with E-state index in [9.17, 15) is 27.9 Å². The molecule has 33 heavy (non-hydrogen) atoms. The fourth-order valence-electron chi connectivity index (χ4n) is 3.64. The lowest BCUT2D eigenvalue weighted by Gasteiger charge is -2.34. The average Bonchev–Trinajstić information content (AvgIpc) is 3.19. The van der Waals surface area contributed by atoms with Crippen LogP contribution in [0.15, 0.2) is 48.8 Å². The summed E-state index contributed by atoms with van der Waals surface area (Å²) < 4.78 is 39.6. The lowest BCUT2D eigenvalue weighted by atomic mass is 10.1. The highest BCUT2D eigenvalue weighted by Crippen LogP contribution is 2.29. The van der Waals surface area contributed by atoms with E-state index in [4.69, 9.17) is 0 Å². The van der Waals surface area contributed by atoms with Gasteiger partial charge in [-0.2, -0.15) is 18.3 Å². The van der Waals surface area contributed by atoms with Crippen LogP contribution in [0.2, 0.25) is 0 Å². The molecule has 172 valence electrons. The summed E-state index contributed by atoms with van der Waals surface area (Å²) in [6, 6.07) is 8.39. The third kappa shape index (κ3) is 4.38. The molecular weight excluding hydrogens is 439 g/mol. The monoisotopic (exact) mass is 459 g/mol. The molecule has 8 nitrogen and oxygen atoms in total. The fourth-order valence-corrected chi connectivity index (χ4v) is 3.64. The van der Waals surface area contributed by atoms with E-state index in [0.717, 1.165) is 12.3 Å². The molecule has 2 aromatic heterocycles. The molecule has 2 amide bonds. The second-order valence-corrected chi connectivity index (χ2v) is 7.56. The number of carbonyl (C=O) groups is 2. The number of aromatic hydroxyl groups is 1. The summed E-state index contributed by atoms with van der Waals surface area (Å²) in [5, 5.41) is 14.0. The van der Waals surface area contributed by atoms with E-state index in [-0.39, 0.29) is 28.9 Å². The SMILES string of the molecule is Cc1c(C(=O)N2CCN(C(=O)c3ccccc3O)CC2)cnn1-c1ccc(C(F)(F)F)cn1. The van der Waals surface area contributed by atoms with Crippen molar-refractivity contribution in [3.63, 3.8) is 0 Å². The van der Waals surface area contributed by atoms with Crippen molar-refractivity contribution in [3.8, 4) is 11.6 Å². The van der Waals surface area contributed by atoms with Gasteiger partial charge in [0.05, 0.1) is 28.6 Å². The summed E-state index contributed by atoms with van der Waals surface area (Å²) in [6.07, 6.45) is -2.41. The number of hydrogen-bond acceptors (Lipinski definition) is 5. The van der Waals surface area contributed by atoms with E-state index in [2.05, 4.69) is 10.1 Å². The third-order valence-electron chi connectivity index (χ3n) is 5.52. The Bertz CT molecular complexity index is 1180. The van der Waals surface area contributed by atoms with Gasteiger partial charge in [0.1, 0.15) is 5.75 Å².